The molecular weight excluding hydrogens is 197 g/mol. The van der Waals surface area contributed by atoms with Crippen LogP contribution in [0.3, 0.4) is 0 Å². The van der Waals surface area contributed by atoms with Crippen molar-refractivity contribution < 1.29 is 13.9 Å². The number of halogens is 1. The van der Waals surface area contributed by atoms with Crippen molar-refractivity contribution in [1.82, 2.24) is 0 Å². The number of ether oxygens (including phenoxy) is 1. The van der Waals surface area contributed by atoms with Crippen molar-refractivity contribution in [3.05, 3.63) is 29.6 Å². The van der Waals surface area contributed by atoms with Gasteiger partial charge in [0.1, 0.15) is 11.6 Å². The number of benzene rings is 1. The zero-order valence-corrected chi connectivity index (χ0v) is 8.79. The van der Waals surface area contributed by atoms with Crippen LogP contribution in [0.25, 0.3) is 0 Å². The van der Waals surface area contributed by atoms with Gasteiger partial charge < -0.3 is 10.5 Å². The first-order valence-electron chi connectivity index (χ1n) is 4.75. The number of carbonyl (C=O) groups is 1. The molecule has 0 unspecified atom stereocenters. The number of hydrogen-bond acceptors (Lipinski definition) is 2. The molecule has 0 fully saturated rings. The van der Waals surface area contributed by atoms with E-state index in [2.05, 4.69) is 0 Å². The molecule has 0 saturated heterocycles. The summed E-state index contributed by atoms with van der Waals surface area (Å²) in [7, 11) is 0. The first kappa shape index (κ1) is 11.5. The Morgan fingerprint density at radius 1 is 1.53 bits per heavy atom. The van der Waals surface area contributed by atoms with Crippen LogP contribution in [0.2, 0.25) is 0 Å². The average Bonchev–Trinajstić information content (AvgIpc) is 2.09. The Labute approximate surface area is 88.0 Å². The fraction of sp³-hybridized carbons (Fsp3) is 0.364. The van der Waals surface area contributed by atoms with E-state index in [9.17, 15) is 9.18 Å². The fourth-order valence-corrected chi connectivity index (χ4v) is 1.35. The third-order valence-corrected chi connectivity index (χ3v) is 1.90. The molecule has 0 aliphatic heterocycles. The molecule has 0 radical (unpaired) electrons. The monoisotopic (exact) mass is 211 g/mol. The molecule has 82 valence electrons. The van der Waals surface area contributed by atoms with Crippen LogP contribution >= 0.6 is 0 Å². The van der Waals surface area contributed by atoms with Crippen LogP contribution in [0.5, 0.6) is 5.75 Å². The van der Waals surface area contributed by atoms with Crippen molar-refractivity contribution in [2.75, 3.05) is 0 Å². The molecule has 15 heavy (non-hydrogen) atoms. The van der Waals surface area contributed by atoms with Gasteiger partial charge in [-0.05, 0) is 24.5 Å². The number of primary amides is 1. The molecule has 1 rings (SSSR count). The molecule has 2 N–H and O–H groups in total. The number of nitrogens with two attached hydrogens (primary N) is 1. The quantitative estimate of drug-likeness (QED) is 0.835. The van der Waals surface area contributed by atoms with Gasteiger partial charge in [0.15, 0.2) is 0 Å². The number of carbonyl (C=O) groups excluding carboxylic acids is 1. The topological polar surface area (TPSA) is 52.3 Å². The van der Waals surface area contributed by atoms with Crippen LogP contribution in [0.4, 0.5) is 9.18 Å². The van der Waals surface area contributed by atoms with Crippen LogP contribution in [0.15, 0.2) is 18.2 Å². The molecule has 0 bridgehead atoms. The predicted molar refractivity (Wildman–Crippen MR) is 55.2 cm³/mol. The van der Waals surface area contributed by atoms with Gasteiger partial charge in [-0.15, -0.1) is 0 Å². The second-order valence-electron chi connectivity index (χ2n) is 3.74. The molecule has 3 nitrogen and oxygen atoms in total. The third kappa shape index (κ3) is 3.23. The molecular formula is C11H14FNO2. The smallest absolute Gasteiger partial charge is 0.409 e. The summed E-state index contributed by atoms with van der Waals surface area (Å²) in [6.07, 6.45) is -0.416. The van der Waals surface area contributed by atoms with Crippen LogP contribution in [-0.2, 0) is 6.42 Å². The Bertz CT molecular complexity index is 364. The SMILES string of the molecule is CC(C)Cc1c(F)cccc1OC(N)=O. The maximum absolute atomic E-state index is 13.4. The summed E-state index contributed by atoms with van der Waals surface area (Å²) in [5.74, 6) is 0.107. The minimum Gasteiger partial charge on any atom is -0.410 e. The highest BCUT2D eigenvalue weighted by molar-refractivity contribution is 5.68. The molecule has 1 aromatic carbocycles. The molecule has 4 heteroatoms. The van der Waals surface area contributed by atoms with Gasteiger partial charge in [0.25, 0.3) is 0 Å². The number of hydrogen-bond donors (Lipinski definition) is 1. The summed E-state index contributed by atoms with van der Waals surface area (Å²) < 4.78 is 18.2. The van der Waals surface area contributed by atoms with E-state index in [0.717, 1.165) is 0 Å². The lowest BCUT2D eigenvalue weighted by Crippen LogP contribution is -2.17. The first-order valence-corrected chi connectivity index (χ1v) is 4.75. The molecule has 0 saturated carbocycles. The zero-order chi connectivity index (χ0) is 11.4. The van der Waals surface area contributed by atoms with Crippen molar-refractivity contribution in [2.24, 2.45) is 11.7 Å². The fourth-order valence-electron chi connectivity index (χ4n) is 1.35. The molecule has 0 atom stereocenters. The van der Waals surface area contributed by atoms with Gasteiger partial charge in [-0.25, -0.2) is 9.18 Å². The Hall–Kier alpha value is -1.58. The highest BCUT2D eigenvalue weighted by Gasteiger charge is 2.12. The molecule has 0 aliphatic rings. The van der Waals surface area contributed by atoms with Gasteiger partial charge in [-0.1, -0.05) is 19.9 Å². The van der Waals surface area contributed by atoms with Gasteiger partial charge in [0.05, 0.1) is 0 Å². The maximum Gasteiger partial charge on any atom is 0.409 e. The third-order valence-electron chi connectivity index (χ3n) is 1.90. The minimum atomic E-state index is -0.925. The largest absolute Gasteiger partial charge is 0.410 e. The van der Waals surface area contributed by atoms with E-state index in [0.29, 0.717) is 12.0 Å². The van der Waals surface area contributed by atoms with Crippen molar-refractivity contribution in [3.63, 3.8) is 0 Å². The normalized spacial score (nSPS) is 10.4. The lowest BCUT2D eigenvalue weighted by atomic mass is 10.0. The van der Waals surface area contributed by atoms with E-state index in [1.54, 1.807) is 0 Å². The van der Waals surface area contributed by atoms with E-state index < -0.39 is 6.09 Å². The second kappa shape index (κ2) is 4.77. The number of rotatable bonds is 3. The van der Waals surface area contributed by atoms with Gasteiger partial charge in [-0.2, -0.15) is 0 Å². The average molecular weight is 211 g/mol. The Balaban J connectivity index is 3.02. The van der Waals surface area contributed by atoms with E-state index >= 15 is 0 Å². The van der Waals surface area contributed by atoms with Crippen molar-refractivity contribution in [3.8, 4) is 5.75 Å². The molecule has 1 amide bonds. The van der Waals surface area contributed by atoms with Crippen LogP contribution in [0, 0.1) is 11.7 Å². The van der Waals surface area contributed by atoms with Crippen molar-refractivity contribution in [2.45, 2.75) is 20.3 Å². The van der Waals surface area contributed by atoms with Crippen LogP contribution < -0.4 is 10.5 Å². The van der Waals surface area contributed by atoms with E-state index in [4.69, 9.17) is 10.5 Å². The van der Waals surface area contributed by atoms with Gasteiger partial charge in [0, 0.05) is 5.56 Å². The maximum atomic E-state index is 13.4. The van der Waals surface area contributed by atoms with E-state index in [-0.39, 0.29) is 17.5 Å². The zero-order valence-electron chi connectivity index (χ0n) is 8.79. The van der Waals surface area contributed by atoms with E-state index in [1.165, 1.54) is 18.2 Å². The summed E-state index contributed by atoms with van der Waals surface area (Å²) in [5.41, 5.74) is 5.29. The molecule has 0 aliphatic carbocycles. The first-order chi connectivity index (χ1) is 7.00. The summed E-state index contributed by atoms with van der Waals surface area (Å²) in [6, 6.07) is 4.36. The highest BCUT2D eigenvalue weighted by atomic mass is 19.1. The summed E-state index contributed by atoms with van der Waals surface area (Å²) >= 11 is 0. The molecule has 0 spiro atoms. The Morgan fingerprint density at radius 3 is 2.73 bits per heavy atom. The van der Waals surface area contributed by atoms with Crippen molar-refractivity contribution >= 4 is 6.09 Å². The summed E-state index contributed by atoms with van der Waals surface area (Å²) in [4.78, 5) is 10.6. The molecule has 0 aromatic heterocycles. The molecule has 1 aromatic rings. The van der Waals surface area contributed by atoms with Crippen LogP contribution in [-0.4, -0.2) is 6.09 Å². The van der Waals surface area contributed by atoms with Crippen LogP contribution in [0.1, 0.15) is 19.4 Å². The van der Waals surface area contributed by atoms with Gasteiger partial charge >= 0.3 is 6.09 Å². The second-order valence-corrected chi connectivity index (χ2v) is 3.74. The Morgan fingerprint density at radius 2 is 2.20 bits per heavy atom. The number of amides is 1. The highest BCUT2D eigenvalue weighted by Crippen LogP contribution is 2.24. The molecule has 0 heterocycles. The standard InChI is InChI=1S/C11H14FNO2/c1-7(2)6-8-9(12)4-3-5-10(8)15-11(13)14/h3-5,7H,6H2,1-2H3,(H2,13,14). The van der Waals surface area contributed by atoms with E-state index in [1.807, 2.05) is 13.8 Å². The predicted octanol–water partition coefficient (Wildman–Crippen LogP) is 2.48. The lowest BCUT2D eigenvalue weighted by Gasteiger charge is -2.11. The van der Waals surface area contributed by atoms with Crippen molar-refractivity contribution in [1.29, 1.82) is 0 Å². The minimum absolute atomic E-state index is 0.205. The lowest BCUT2D eigenvalue weighted by molar-refractivity contribution is 0.210. The summed E-state index contributed by atoms with van der Waals surface area (Å²) in [5, 5.41) is 0. The van der Waals surface area contributed by atoms with Gasteiger partial charge in [0.2, 0.25) is 0 Å². The Kier molecular flexibility index (Phi) is 3.66. The van der Waals surface area contributed by atoms with Gasteiger partial charge in [-0.3, -0.25) is 0 Å². The summed E-state index contributed by atoms with van der Waals surface area (Å²) in [6.45, 7) is 3.92.